The number of hydrogen-bond acceptors (Lipinski definition) is 0. The molecule has 0 amide bonds. The molecule has 0 aromatic carbocycles. The van der Waals surface area contributed by atoms with E-state index in [4.69, 9.17) is 0 Å². The lowest BCUT2D eigenvalue weighted by atomic mass is 10.3. The molecule has 0 aromatic heterocycles. The maximum Gasteiger partial charge on any atom is 0.0697 e. The predicted octanol–water partition coefficient (Wildman–Crippen LogP) is 3.67. The van der Waals surface area contributed by atoms with Crippen molar-refractivity contribution < 1.29 is 0 Å². The topological polar surface area (TPSA) is 0 Å². The smallest absolute Gasteiger partial charge is 0.0697 e. The number of alkyl halides is 3. The third kappa shape index (κ3) is 7.44. The van der Waals surface area contributed by atoms with Crippen LogP contribution in [0.15, 0.2) is 0 Å². The second-order valence-electron chi connectivity index (χ2n) is 1.58. The highest BCUT2D eigenvalue weighted by molar-refractivity contribution is 9.24. The predicted molar refractivity (Wildman–Crippen MR) is 49.3 cm³/mol. The molecule has 0 radical (unpaired) electrons. The molecule has 0 aromatic rings. The van der Waals surface area contributed by atoms with E-state index in [1.165, 1.54) is 19.3 Å². The summed E-state index contributed by atoms with van der Waals surface area (Å²) in [6.07, 6.45) is 3.77. The van der Waals surface area contributed by atoms with Gasteiger partial charge in [-0.1, -0.05) is 54.2 Å². The summed E-state index contributed by atoms with van der Waals surface area (Å²) >= 11 is 10.2. The van der Waals surface area contributed by atoms with Crippen LogP contribution >= 0.6 is 47.8 Å². The molecule has 0 rings (SSSR count). The molecule has 0 atom stereocenters. The summed E-state index contributed by atoms with van der Waals surface area (Å²) < 4.78 is 0.508. The summed E-state index contributed by atoms with van der Waals surface area (Å²) in [5.74, 6) is 0. The van der Waals surface area contributed by atoms with Gasteiger partial charge in [-0.25, -0.2) is 0 Å². The molecule has 0 heterocycles. The Balaban J connectivity index is 2.72. The first-order chi connectivity index (χ1) is 3.77. The van der Waals surface area contributed by atoms with Crippen LogP contribution in [0, 0.1) is 0 Å². The van der Waals surface area contributed by atoms with Crippen LogP contribution in [0.2, 0.25) is 0 Å². The summed E-state index contributed by atoms with van der Waals surface area (Å²) in [5, 5.41) is 1.12. The minimum atomic E-state index is 0.508. The number of rotatable bonds is 4. The summed E-state index contributed by atoms with van der Waals surface area (Å²) in [6.45, 7) is 0. The van der Waals surface area contributed by atoms with Gasteiger partial charge in [0.15, 0.2) is 0 Å². The van der Waals surface area contributed by atoms with Crippen molar-refractivity contribution in [3.05, 3.63) is 0 Å². The van der Waals surface area contributed by atoms with Crippen LogP contribution in [0.1, 0.15) is 19.3 Å². The molecule has 0 nitrogen and oxygen atoms in total. The first-order valence-electron chi connectivity index (χ1n) is 2.61. The molecular weight excluding hydrogens is 300 g/mol. The van der Waals surface area contributed by atoms with Gasteiger partial charge < -0.3 is 0 Å². The monoisotopic (exact) mass is 306 g/mol. The Morgan fingerprint density at radius 3 is 2.12 bits per heavy atom. The van der Waals surface area contributed by atoms with E-state index in [0.29, 0.717) is 3.74 Å². The Labute approximate surface area is 75.8 Å². The highest BCUT2D eigenvalue weighted by atomic mass is 79.9. The molecule has 0 aliphatic heterocycles. The van der Waals surface area contributed by atoms with Gasteiger partial charge in [0.25, 0.3) is 0 Å². The Morgan fingerprint density at radius 1 is 1.12 bits per heavy atom. The van der Waals surface area contributed by atoms with Gasteiger partial charge >= 0.3 is 0 Å². The van der Waals surface area contributed by atoms with E-state index in [1.807, 2.05) is 0 Å². The molecule has 0 unspecified atom stereocenters. The fourth-order valence-electron chi connectivity index (χ4n) is 0.393. The molecule has 50 valence electrons. The van der Waals surface area contributed by atoms with Gasteiger partial charge in [-0.3, -0.25) is 0 Å². The summed E-state index contributed by atoms with van der Waals surface area (Å²) in [5.41, 5.74) is 0. The molecular formula is C5H9Br3. The van der Waals surface area contributed by atoms with Crippen molar-refractivity contribution in [1.29, 1.82) is 0 Å². The third-order valence-electron chi connectivity index (χ3n) is 0.806. The molecule has 0 fully saturated rings. The van der Waals surface area contributed by atoms with Crippen molar-refractivity contribution in [3.63, 3.8) is 0 Å². The highest BCUT2D eigenvalue weighted by Crippen LogP contribution is 2.15. The van der Waals surface area contributed by atoms with Gasteiger partial charge in [0.1, 0.15) is 0 Å². The van der Waals surface area contributed by atoms with Crippen molar-refractivity contribution in [2.24, 2.45) is 0 Å². The molecule has 0 saturated carbocycles. The first kappa shape index (κ1) is 9.44. The lowest BCUT2D eigenvalue weighted by Gasteiger charge is -1.96. The Bertz CT molecular complexity index is 44.9. The van der Waals surface area contributed by atoms with E-state index < -0.39 is 0 Å². The zero-order chi connectivity index (χ0) is 6.41. The molecule has 0 saturated heterocycles. The van der Waals surface area contributed by atoms with Crippen LogP contribution in [-0.4, -0.2) is 9.07 Å². The average molecular weight is 309 g/mol. The van der Waals surface area contributed by atoms with Crippen LogP contribution in [0.3, 0.4) is 0 Å². The van der Waals surface area contributed by atoms with Crippen molar-refractivity contribution in [3.8, 4) is 0 Å². The van der Waals surface area contributed by atoms with Crippen LogP contribution in [0.4, 0.5) is 0 Å². The normalized spacial score (nSPS) is 10.5. The lowest BCUT2D eigenvalue weighted by Crippen LogP contribution is -1.84. The van der Waals surface area contributed by atoms with Crippen molar-refractivity contribution in [1.82, 2.24) is 0 Å². The first-order valence-corrected chi connectivity index (χ1v) is 5.56. The zero-order valence-corrected chi connectivity index (χ0v) is 9.30. The zero-order valence-electron chi connectivity index (χ0n) is 4.54. The van der Waals surface area contributed by atoms with Gasteiger partial charge in [-0.15, -0.1) is 0 Å². The molecule has 3 heteroatoms. The van der Waals surface area contributed by atoms with Crippen molar-refractivity contribution in [2.75, 3.05) is 5.33 Å². The number of unbranched alkanes of at least 4 members (excludes halogenated alkanes) is 1. The number of hydrogen-bond donors (Lipinski definition) is 0. The van der Waals surface area contributed by atoms with Crippen LogP contribution in [0.25, 0.3) is 0 Å². The van der Waals surface area contributed by atoms with E-state index >= 15 is 0 Å². The molecule has 8 heavy (non-hydrogen) atoms. The maximum absolute atomic E-state index is 3.41. The van der Waals surface area contributed by atoms with E-state index in [9.17, 15) is 0 Å². The van der Waals surface area contributed by atoms with Crippen LogP contribution in [0.5, 0.6) is 0 Å². The Hall–Kier alpha value is 1.44. The van der Waals surface area contributed by atoms with Gasteiger partial charge in [0.2, 0.25) is 0 Å². The standard InChI is InChI=1S/C5H9Br3/c6-4-2-1-3-5(7)8/h5H,1-4H2. The average Bonchev–Trinajstić information content (AvgIpc) is 1.66. The largest absolute Gasteiger partial charge is 0.0928 e. The maximum atomic E-state index is 3.41. The highest BCUT2D eigenvalue weighted by Gasteiger charge is 1.94. The molecule has 0 N–H and O–H groups in total. The second-order valence-corrected chi connectivity index (χ2v) is 5.81. The number of halogens is 3. The Morgan fingerprint density at radius 2 is 1.75 bits per heavy atom. The molecule has 0 bridgehead atoms. The minimum Gasteiger partial charge on any atom is -0.0928 e. The third-order valence-corrected chi connectivity index (χ3v) is 2.28. The SMILES string of the molecule is BrCCCCC(Br)Br. The van der Waals surface area contributed by atoms with Gasteiger partial charge in [-0.2, -0.15) is 0 Å². The minimum absolute atomic E-state index is 0.508. The van der Waals surface area contributed by atoms with E-state index in [2.05, 4.69) is 47.8 Å². The Kier molecular flexibility index (Phi) is 7.74. The van der Waals surface area contributed by atoms with Crippen molar-refractivity contribution in [2.45, 2.75) is 23.0 Å². The van der Waals surface area contributed by atoms with Crippen molar-refractivity contribution >= 4 is 47.8 Å². The summed E-state index contributed by atoms with van der Waals surface area (Å²) in [4.78, 5) is 0. The lowest BCUT2D eigenvalue weighted by molar-refractivity contribution is 0.780. The van der Waals surface area contributed by atoms with Gasteiger partial charge in [0.05, 0.1) is 3.74 Å². The van der Waals surface area contributed by atoms with Gasteiger partial charge in [0, 0.05) is 5.33 Å². The van der Waals surface area contributed by atoms with E-state index in [-0.39, 0.29) is 0 Å². The fourth-order valence-corrected chi connectivity index (χ4v) is 1.44. The quantitative estimate of drug-likeness (QED) is 0.549. The van der Waals surface area contributed by atoms with Crippen LogP contribution in [-0.2, 0) is 0 Å². The molecule has 0 aliphatic carbocycles. The van der Waals surface area contributed by atoms with Crippen LogP contribution < -0.4 is 0 Å². The fraction of sp³-hybridized carbons (Fsp3) is 1.00. The summed E-state index contributed by atoms with van der Waals surface area (Å²) in [6, 6.07) is 0. The molecule has 0 aliphatic rings. The molecule has 0 spiro atoms. The summed E-state index contributed by atoms with van der Waals surface area (Å²) in [7, 11) is 0. The van der Waals surface area contributed by atoms with E-state index in [1.54, 1.807) is 0 Å². The van der Waals surface area contributed by atoms with Gasteiger partial charge in [-0.05, 0) is 12.8 Å². The second kappa shape index (κ2) is 6.56. The van der Waals surface area contributed by atoms with E-state index in [0.717, 1.165) is 5.33 Å².